The first-order valence-electron chi connectivity index (χ1n) is 7.73. The molecule has 0 saturated heterocycles. The molecule has 24 heavy (non-hydrogen) atoms. The van der Waals surface area contributed by atoms with Gasteiger partial charge in [0.2, 0.25) is 7.37 Å². The second-order valence-electron chi connectivity index (χ2n) is 5.73. The zero-order valence-electron chi connectivity index (χ0n) is 13.7. The third-order valence-corrected chi connectivity index (χ3v) is 4.28. The Bertz CT molecular complexity index is 685. The van der Waals surface area contributed by atoms with E-state index in [2.05, 4.69) is 0 Å². The van der Waals surface area contributed by atoms with Crippen LogP contribution in [0.3, 0.4) is 0 Å². The van der Waals surface area contributed by atoms with E-state index >= 15 is 0 Å². The van der Waals surface area contributed by atoms with Gasteiger partial charge in [-0.15, -0.1) is 0 Å². The Balaban J connectivity index is 1.96. The maximum absolute atomic E-state index is 12.3. The SMILES string of the molecule is CP(=O)(O)CN(CCc1ccccc1)C(=O)OCc1ccccc1. The molecule has 0 aliphatic carbocycles. The number of hydrogen-bond acceptors (Lipinski definition) is 3. The summed E-state index contributed by atoms with van der Waals surface area (Å²) in [5.74, 6) is 0. The van der Waals surface area contributed by atoms with Crippen LogP contribution in [0.4, 0.5) is 4.79 Å². The number of nitrogens with zero attached hydrogens (tertiary/aromatic N) is 1. The smallest absolute Gasteiger partial charge is 0.410 e. The van der Waals surface area contributed by atoms with E-state index in [0.717, 1.165) is 11.1 Å². The molecule has 2 aromatic carbocycles. The summed E-state index contributed by atoms with van der Waals surface area (Å²) in [6, 6.07) is 19.0. The predicted octanol–water partition coefficient (Wildman–Crippen LogP) is 3.73. The van der Waals surface area contributed by atoms with Gasteiger partial charge in [0.1, 0.15) is 12.9 Å². The zero-order valence-corrected chi connectivity index (χ0v) is 14.6. The van der Waals surface area contributed by atoms with E-state index in [1.165, 1.54) is 11.6 Å². The number of hydrogen-bond donors (Lipinski definition) is 1. The lowest BCUT2D eigenvalue weighted by Gasteiger charge is -2.23. The molecule has 0 aliphatic rings. The molecule has 6 heteroatoms. The molecular formula is C18H22NO4P. The molecule has 2 aromatic rings. The van der Waals surface area contributed by atoms with Gasteiger partial charge in [-0.25, -0.2) is 4.79 Å². The van der Waals surface area contributed by atoms with Crippen LogP contribution in [0.15, 0.2) is 60.7 Å². The topological polar surface area (TPSA) is 66.8 Å². The van der Waals surface area contributed by atoms with Crippen molar-refractivity contribution in [3.8, 4) is 0 Å². The molecule has 1 N–H and O–H groups in total. The summed E-state index contributed by atoms with van der Waals surface area (Å²) < 4.78 is 17.0. The van der Waals surface area contributed by atoms with Crippen molar-refractivity contribution in [2.24, 2.45) is 0 Å². The van der Waals surface area contributed by atoms with E-state index in [1.807, 2.05) is 60.7 Å². The van der Waals surface area contributed by atoms with Gasteiger partial charge in [-0.3, -0.25) is 9.46 Å². The molecule has 1 unspecified atom stereocenters. The lowest BCUT2D eigenvalue weighted by Crippen LogP contribution is -2.34. The van der Waals surface area contributed by atoms with Crippen molar-refractivity contribution in [1.82, 2.24) is 4.90 Å². The fourth-order valence-corrected chi connectivity index (χ4v) is 3.15. The molecule has 1 atom stereocenters. The first kappa shape index (κ1) is 18.2. The van der Waals surface area contributed by atoms with Gasteiger partial charge in [0.25, 0.3) is 0 Å². The highest BCUT2D eigenvalue weighted by molar-refractivity contribution is 7.57. The molecule has 2 rings (SSSR count). The van der Waals surface area contributed by atoms with Gasteiger partial charge in [0.15, 0.2) is 0 Å². The summed E-state index contributed by atoms with van der Waals surface area (Å²) >= 11 is 0. The average Bonchev–Trinajstić information content (AvgIpc) is 2.57. The molecule has 0 fully saturated rings. The van der Waals surface area contributed by atoms with Crippen molar-refractivity contribution in [2.75, 3.05) is 19.5 Å². The molecule has 0 aromatic heterocycles. The van der Waals surface area contributed by atoms with Crippen LogP contribution in [0, 0.1) is 0 Å². The van der Waals surface area contributed by atoms with E-state index in [9.17, 15) is 14.3 Å². The van der Waals surface area contributed by atoms with Crippen molar-refractivity contribution in [2.45, 2.75) is 13.0 Å². The average molecular weight is 347 g/mol. The highest BCUT2D eigenvalue weighted by atomic mass is 31.2. The minimum atomic E-state index is -3.37. The van der Waals surface area contributed by atoms with Gasteiger partial charge < -0.3 is 9.63 Å². The second kappa shape index (κ2) is 8.67. The Morgan fingerprint density at radius 3 is 2.12 bits per heavy atom. The summed E-state index contributed by atoms with van der Waals surface area (Å²) in [6.45, 7) is 1.71. The van der Waals surface area contributed by atoms with Gasteiger partial charge in [-0.05, 0) is 17.5 Å². The van der Waals surface area contributed by atoms with Crippen LogP contribution in [0.25, 0.3) is 0 Å². The molecule has 0 aliphatic heterocycles. The quantitative estimate of drug-likeness (QED) is 0.775. The van der Waals surface area contributed by atoms with Crippen LogP contribution < -0.4 is 0 Å². The van der Waals surface area contributed by atoms with Crippen molar-refractivity contribution in [3.05, 3.63) is 71.8 Å². The number of rotatable bonds is 7. The Labute approximate surface area is 142 Å². The molecule has 0 spiro atoms. The Morgan fingerprint density at radius 1 is 1.04 bits per heavy atom. The molecule has 0 heterocycles. The molecule has 1 amide bonds. The molecule has 0 radical (unpaired) electrons. The highest BCUT2D eigenvalue weighted by Gasteiger charge is 2.22. The number of amides is 1. The summed E-state index contributed by atoms with van der Waals surface area (Å²) in [5.41, 5.74) is 1.93. The van der Waals surface area contributed by atoms with Gasteiger partial charge in [-0.2, -0.15) is 0 Å². The summed E-state index contributed by atoms with van der Waals surface area (Å²) in [7, 11) is -3.37. The number of carbonyl (C=O) groups excluding carboxylic acids is 1. The summed E-state index contributed by atoms with van der Waals surface area (Å²) in [5, 5.41) is 0. The lowest BCUT2D eigenvalue weighted by molar-refractivity contribution is 0.101. The van der Waals surface area contributed by atoms with Crippen molar-refractivity contribution in [3.63, 3.8) is 0 Å². The molecule has 5 nitrogen and oxygen atoms in total. The molecule has 128 valence electrons. The third-order valence-electron chi connectivity index (χ3n) is 3.41. The summed E-state index contributed by atoms with van der Waals surface area (Å²) in [6.07, 6.45) is -0.194. The normalized spacial score (nSPS) is 13.1. The van der Waals surface area contributed by atoms with Crippen molar-refractivity contribution < 1.29 is 19.0 Å². The number of benzene rings is 2. The Kier molecular flexibility index (Phi) is 6.59. The van der Waals surface area contributed by atoms with Gasteiger partial charge in [-0.1, -0.05) is 60.7 Å². The van der Waals surface area contributed by atoms with Crippen LogP contribution in [0.5, 0.6) is 0 Å². The maximum atomic E-state index is 12.3. The molecule has 0 saturated carbocycles. The van der Waals surface area contributed by atoms with Crippen LogP contribution in [0.1, 0.15) is 11.1 Å². The van der Waals surface area contributed by atoms with Gasteiger partial charge in [0.05, 0.1) is 0 Å². The van der Waals surface area contributed by atoms with Crippen molar-refractivity contribution >= 4 is 13.5 Å². The first-order valence-corrected chi connectivity index (χ1v) is 10.0. The Morgan fingerprint density at radius 2 is 1.58 bits per heavy atom. The van der Waals surface area contributed by atoms with Crippen LogP contribution >= 0.6 is 7.37 Å². The lowest BCUT2D eigenvalue weighted by atomic mass is 10.1. The Hall–Kier alpha value is -2.10. The fourth-order valence-electron chi connectivity index (χ4n) is 2.26. The maximum Gasteiger partial charge on any atom is 0.410 e. The van der Waals surface area contributed by atoms with E-state index < -0.39 is 13.5 Å². The molecule has 0 bridgehead atoms. The van der Waals surface area contributed by atoms with E-state index in [4.69, 9.17) is 4.74 Å². The zero-order chi connectivity index (χ0) is 17.4. The van der Waals surface area contributed by atoms with E-state index in [1.54, 1.807) is 0 Å². The first-order chi connectivity index (χ1) is 11.4. The van der Waals surface area contributed by atoms with Crippen molar-refractivity contribution in [1.29, 1.82) is 0 Å². The molecular weight excluding hydrogens is 325 g/mol. The largest absolute Gasteiger partial charge is 0.445 e. The summed E-state index contributed by atoms with van der Waals surface area (Å²) in [4.78, 5) is 23.2. The monoisotopic (exact) mass is 347 g/mol. The predicted molar refractivity (Wildman–Crippen MR) is 94.1 cm³/mol. The third kappa shape index (κ3) is 6.57. The fraction of sp³-hybridized carbons (Fsp3) is 0.278. The van der Waals surface area contributed by atoms with E-state index in [-0.39, 0.29) is 12.9 Å². The second-order valence-corrected chi connectivity index (χ2v) is 8.12. The minimum Gasteiger partial charge on any atom is -0.445 e. The van der Waals surface area contributed by atoms with E-state index in [0.29, 0.717) is 13.0 Å². The van der Waals surface area contributed by atoms with Gasteiger partial charge >= 0.3 is 6.09 Å². The number of carbonyl (C=O) groups is 1. The standard InChI is InChI=1S/C18H22NO4P/c1-24(21,22)15-19(13-12-16-8-4-2-5-9-16)18(20)23-14-17-10-6-3-7-11-17/h2-11H,12-15H2,1H3,(H,21,22). The van der Waals surface area contributed by atoms with Gasteiger partial charge in [0, 0.05) is 13.2 Å². The minimum absolute atomic E-state index is 0.140. The van der Waals surface area contributed by atoms with Crippen LogP contribution in [-0.4, -0.2) is 35.4 Å². The van der Waals surface area contributed by atoms with Crippen LogP contribution in [0.2, 0.25) is 0 Å². The number of ether oxygens (including phenoxy) is 1. The highest BCUT2D eigenvalue weighted by Crippen LogP contribution is 2.36. The van der Waals surface area contributed by atoms with Crippen LogP contribution in [-0.2, 0) is 22.3 Å².